The maximum Gasteiger partial charge on any atom is 0.328 e. The maximum absolute atomic E-state index is 12.2. The lowest BCUT2D eigenvalue weighted by atomic mass is 10.1. The lowest BCUT2D eigenvalue weighted by Gasteiger charge is -2.16. The monoisotopic (exact) mass is 288 g/mol. The summed E-state index contributed by atoms with van der Waals surface area (Å²) < 4.78 is 4.72. The number of ether oxygens (including phenoxy) is 1. The van der Waals surface area contributed by atoms with Gasteiger partial charge in [-0.3, -0.25) is 9.78 Å². The molecular formula is C14H16N4O3. The zero-order valence-corrected chi connectivity index (χ0v) is 11.8. The molecule has 0 spiro atoms. The fourth-order valence-electron chi connectivity index (χ4n) is 1.90. The van der Waals surface area contributed by atoms with E-state index in [1.54, 1.807) is 25.3 Å². The number of aromatic nitrogens is 3. The standard InChI is InChI=1S/C14H16N4O3/c1-9-4-3-5-16-12(9)13(19)18-11(14(20)21-2)6-10-7-15-8-17-10/h3-5,7-8,11H,6H2,1-2H3,(H,15,17)(H,18,19)/t11-/m0/s1. The second-order valence-electron chi connectivity index (χ2n) is 4.50. The van der Waals surface area contributed by atoms with Crippen LogP contribution in [0, 0.1) is 6.92 Å². The van der Waals surface area contributed by atoms with Crippen LogP contribution in [0.3, 0.4) is 0 Å². The van der Waals surface area contributed by atoms with Gasteiger partial charge >= 0.3 is 5.97 Å². The first-order valence-electron chi connectivity index (χ1n) is 6.39. The highest BCUT2D eigenvalue weighted by Crippen LogP contribution is 2.06. The Labute approximate surface area is 121 Å². The van der Waals surface area contributed by atoms with Gasteiger partial charge in [0.1, 0.15) is 11.7 Å². The number of H-pyrrole nitrogens is 1. The molecule has 110 valence electrons. The number of hydrogen-bond donors (Lipinski definition) is 2. The van der Waals surface area contributed by atoms with Crippen LogP contribution in [0.1, 0.15) is 21.7 Å². The number of nitrogens with zero attached hydrogens (tertiary/aromatic N) is 2. The van der Waals surface area contributed by atoms with Crippen molar-refractivity contribution in [3.8, 4) is 0 Å². The molecule has 2 heterocycles. The Balaban J connectivity index is 2.13. The molecule has 0 aliphatic heterocycles. The van der Waals surface area contributed by atoms with E-state index < -0.39 is 17.9 Å². The first-order chi connectivity index (χ1) is 10.1. The maximum atomic E-state index is 12.2. The number of hydrogen-bond acceptors (Lipinski definition) is 5. The summed E-state index contributed by atoms with van der Waals surface area (Å²) in [6.07, 6.45) is 4.90. The van der Waals surface area contributed by atoms with Crippen molar-refractivity contribution in [2.75, 3.05) is 7.11 Å². The number of esters is 1. The second-order valence-corrected chi connectivity index (χ2v) is 4.50. The fraction of sp³-hybridized carbons (Fsp3) is 0.286. The number of pyridine rings is 1. The number of aryl methyl sites for hydroxylation is 1. The minimum Gasteiger partial charge on any atom is -0.467 e. The summed E-state index contributed by atoms with van der Waals surface area (Å²) in [4.78, 5) is 34.8. The van der Waals surface area contributed by atoms with Gasteiger partial charge in [0.15, 0.2) is 0 Å². The zero-order valence-electron chi connectivity index (χ0n) is 11.8. The molecule has 0 unspecified atom stereocenters. The summed E-state index contributed by atoms with van der Waals surface area (Å²) in [6, 6.07) is 2.72. The summed E-state index contributed by atoms with van der Waals surface area (Å²) in [5.41, 5.74) is 1.75. The van der Waals surface area contributed by atoms with Crippen molar-refractivity contribution >= 4 is 11.9 Å². The Hall–Kier alpha value is -2.70. The Morgan fingerprint density at radius 3 is 2.90 bits per heavy atom. The smallest absolute Gasteiger partial charge is 0.328 e. The molecule has 0 bridgehead atoms. The summed E-state index contributed by atoms with van der Waals surface area (Å²) in [5, 5.41) is 2.64. The average molecular weight is 288 g/mol. The number of methoxy groups -OCH3 is 1. The van der Waals surface area contributed by atoms with Gasteiger partial charge in [-0.15, -0.1) is 0 Å². The first-order valence-corrected chi connectivity index (χ1v) is 6.39. The van der Waals surface area contributed by atoms with Crippen molar-refractivity contribution in [3.63, 3.8) is 0 Å². The second kappa shape index (κ2) is 6.65. The molecule has 0 aliphatic rings. The van der Waals surface area contributed by atoms with E-state index in [1.165, 1.54) is 19.6 Å². The van der Waals surface area contributed by atoms with Gasteiger partial charge in [0.05, 0.1) is 13.4 Å². The third kappa shape index (κ3) is 3.65. The number of nitrogens with one attached hydrogen (secondary N) is 2. The van der Waals surface area contributed by atoms with Crippen LogP contribution in [-0.4, -0.2) is 40.0 Å². The van der Waals surface area contributed by atoms with Crippen molar-refractivity contribution in [3.05, 3.63) is 47.8 Å². The minimum absolute atomic E-state index is 0.268. The van der Waals surface area contributed by atoms with E-state index in [0.29, 0.717) is 0 Å². The lowest BCUT2D eigenvalue weighted by molar-refractivity contribution is -0.142. The molecule has 21 heavy (non-hydrogen) atoms. The number of carbonyl (C=O) groups is 2. The van der Waals surface area contributed by atoms with E-state index in [-0.39, 0.29) is 12.1 Å². The number of aromatic amines is 1. The molecule has 0 fully saturated rings. The van der Waals surface area contributed by atoms with Gasteiger partial charge in [-0.2, -0.15) is 0 Å². The van der Waals surface area contributed by atoms with Crippen molar-refractivity contribution in [2.45, 2.75) is 19.4 Å². The molecule has 2 N–H and O–H groups in total. The van der Waals surface area contributed by atoms with Gasteiger partial charge < -0.3 is 15.0 Å². The average Bonchev–Trinajstić information content (AvgIpc) is 2.99. The molecule has 7 heteroatoms. The lowest BCUT2D eigenvalue weighted by Crippen LogP contribution is -2.43. The van der Waals surface area contributed by atoms with E-state index in [4.69, 9.17) is 4.74 Å². The summed E-state index contributed by atoms with van der Waals surface area (Å²) in [5.74, 6) is -0.936. The molecule has 0 aromatic carbocycles. The van der Waals surface area contributed by atoms with Crippen LogP contribution < -0.4 is 5.32 Å². The molecule has 0 radical (unpaired) electrons. The minimum atomic E-state index is -0.802. The summed E-state index contributed by atoms with van der Waals surface area (Å²) in [7, 11) is 1.28. The highest BCUT2D eigenvalue weighted by molar-refractivity contribution is 5.96. The molecule has 7 nitrogen and oxygen atoms in total. The quantitative estimate of drug-likeness (QED) is 0.786. The van der Waals surface area contributed by atoms with Crippen molar-refractivity contribution in [1.82, 2.24) is 20.3 Å². The van der Waals surface area contributed by atoms with Crippen LogP contribution in [0.15, 0.2) is 30.9 Å². The van der Waals surface area contributed by atoms with Gasteiger partial charge in [-0.25, -0.2) is 9.78 Å². The number of rotatable bonds is 5. The molecule has 1 amide bonds. The molecule has 2 aromatic heterocycles. The van der Waals surface area contributed by atoms with E-state index in [9.17, 15) is 9.59 Å². The first kappa shape index (κ1) is 14.7. The molecular weight excluding hydrogens is 272 g/mol. The van der Waals surface area contributed by atoms with Crippen LogP contribution in [-0.2, 0) is 16.0 Å². The van der Waals surface area contributed by atoms with Crippen molar-refractivity contribution in [2.24, 2.45) is 0 Å². The fourth-order valence-corrected chi connectivity index (χ4v) is 1.90. The predicted molar refractivity (Wildman–Crippen MR) is 74.5 cm³/mol. The predicted octanol–water partition coefficient (Wildman–Crippen LogP) is 0.627. The summed E-state index contributed by atoms with van der Waals surface area (Å²) in [6.45, 7) is 1.78. The highest BCUT2D eigenvalue weighted by Gasteiger charge is 2.24. The Morgan fingerprint density at radius 2 is 2.29 bits per heavy atom. The molecule has 2 aromatic rings. The van der Waals surface area contributed by atoms with Crippen LogP contribution in [0.2, 0.25) is 0 Å². The Morgan fingerprint density at radius 1 is 1.48 bits per heavy atom. The topological polar surface area (TPSA) is 97.0 Å². The summed E-state index contributed by atoms with van der Waals surface area (Å²) >= 11 is 0. The third-order valence-electron chi connectivity index (χ3n) is 2.99. The number of amides is 1. The molecule has 0 aliphatic carbocycles. The largest absolute Gasteiger partial charge is 0.467 e. The Bertz CT molecular complexity index is 625. The zero-order chi connectivity index (χ0) is 15.2. The molecule has 2 rings (SSSR count). The van der Waals surface area contributed by atoms with Crippen LogP contribution in [0.25, 0.3) is 0 Å². The normalized spacial score (nSPS) is 11.7. The SMILES string of the molecule is COC(=O)[C@H](Cc1cnc[nH]1)NC(=O)c1ncccc1C. The third-order valence-corrected chi connectivity index (χ3v) is 2.99. The van der Waals surface area contributed by atoms with Crippen molar-refractivity contribution < 1.29 is 14.3 Å². The van der Waals surface area contributed by atoms with E-state index >= 15 is 0 Å². The van der Waals surface area contributed by atoms with Gasteiger partial charge in [-0.1, -0.05) is 6.07 Å². The van der Waals surface area contributed by atoms with Crippen LogP contribution in [0.4, 0.5) is 0 Å². The highest BCUT2D eigenvalue weighted by atomic mass is 16.5. The van der Waals surface area contributed by atoms with E-state index in [1.807, 2.05) is 0 Å². The molecule has 0 saturated carbocycles. The van der Waals surface area contributed by atoms with Crippen LogP contribution in [0.5, 0.6) is 0 Å². The van der Waals surface area contributed by atoms with E-state index in [0.717, 1.165) is 11.3 Å². The van der Waals surface area contributed by atoms with E-state index in [2.05, 4.69) is 20.3 Å². The number of carbonyl (C=O) groups excluding carboxylic acids is 2. The van der Waals surface area contributed by atoms with Crippen molar-refractivity contribution in [1.29, 1.82) is 0 Å². The number of imidazole rings is 1. The van der Waals surface area contributed by atoms with Gasteiger partial charge in [0.25, 0.3) is 5.91 Å². The van der Waals surface area contributed by atoms with Gasteiger partial charge in [0, 0.05) is 24.5 Å². The molecule has 1 atom stereocenters. The van der Waals surface area contributed by atoms with Gasteiger partial charge in [0.2, 0.25) is 0 Å². The van der Waals surface area contributed by atoms with Crippen LogP contribution >= 0.6 is 0 Å². The Kier molecular flexibility index (Phi) is 4.65. The molecule has 0 saturated heterocycles. The van der Waals surface area contributed by atoms with Gasteiger partial charge in [-0.05, 0) is 18.6 Å².